The molecule has 0 atom stereocenters. The summed E-state index contributed by atoms with van der Waals surface area (Å²) in [5.41, 5.74) is 0. The van der Waals surface area contributed by atoms with E-state index < -0.39 is 0 Å². The largest absolute Gasteiger partial charge is 0.169 e. The number of hydrogen-bond donors (Lipinski definition) is 0. The van der Waals surface area contributed by atoms with Gasteiger partial charge in [0.1, 0.15) is 0 Å². The predicted molar refractivity (Wildman–Crippen MR) is 25.2 cm³/mol. The Morgan fingerprint density at radius 3 is 1.25 bits per heavy atom. The maximum Gasteiger partial charge on any atom is 0 e. The second-order valence-electron chi connectivity index (χ2n) is 0.408. The van der Waals surface area contributed by atoms with Gasteiger partial charge in [0.15, 0.2) is 0 Å². The maximum atomic E-state index is 2.04. The number of rotatable bonds is 0. The van der Waals surface area contributed by atoms with Crippen molar-refractivity contribution in [3.63, 3.8) is 0 Å². The van der Waals surface area contributed by atoms with Crippen LogP contribution in [0.25, 0.3) is 0 Å². The molecule has 0 aliphatic heterocycles. The summed E-state index contributed by atoms with van der Waals surface area (Å²) in [4.78, 5) is 0. The zero-order chi connectivity index (χ0) is 2.71. The quantitative estimate of drug-likeness (QED) is 0.388. The van der Waals surface area contributed by atoms with E-state index in [1.165, 1.54) is 0 Å². The molecule has 0 aliphatic carbocycles. The zero-order valence-electron chi connectivity index (χ0n) is 3.41. The standard InChI is InChI=1S/C2H6S.Na/c1-3-2;/h1-2H3;. The first-order valence-corrected chi connectivity index (χ1v) is 2.45. The first-order valence-electron chi connectivity index (χ1n) is 0.816. The molecule has 0 nitrogen and oxygen atoms in total. The Hall–Kier alpha value is 1.35. The zero-order valence-corrected chi connectivity index (χ0v) is 6.22. The molecule has 0 spiro atoms. The van der Waals surface area contributed by atoms with E-state index in [1.54, 1.807) is 11.8 Å². The molecule has 0 amide bonds. The SMILES string of the molecule is CSC.[Na]. The molecule has 2 heteroatoms. The van der Waals surface area contributed by atoms with Gasteiger partial charge in [-0.05, 0) is 12.5 Å². The van der Waals surface area contributed by atoms with Gasteiger partial charge in [-0.3, -0.25) is 0 Å². The molecule has 0 saturated carbocycles. The molecule has 0 rings (SSSR count). The van der Waals surface area contributed by atoms with Crippen LogP contribution in [0, 0.1) is 0 Å². The molecule has 0 saturated heterocycles. The second kappa shape index (κ2) is 8.84. The van der Waals surface area contributed by atoms with Gasteiger partial charge in [-0.2, -0.15) is 11.8 Å². The Bertz CT molecular complexity index is 6.00. The summed E-state index contributed by atoms with van der Waals surface area (Å²) in [7, 11) is 0. The molecule has 0 aromatic carbocycles. The third-order valence-corrected chi connectivity index (χ3v) is 0. The maximum absolute atomic E-state index is 2.04. The van der Waals surface area contributed by atoms with Crippen molar-refractivity contribution in [3.8, 4) is 0 Å². The summed E-state index contributed by atoms with van der Waals surface area (Å²) in [6, 6.07) is 0. The topological polar surface area (TPSA) is 0 Å². The van der Waals surface area contributed by atoms with Crippen LogP contribution in [0.15, 0.2) is 0 Å². The Morgan fingerprint density at radius 2 is 1.25 bits per heavy atom. The van der Waals surface area contributed by atoms with Gasteiger partial charge in [-0.25, -0.2) is 0 Å². The Morgan fingerprint density at radius 1 is 1.25 bits per heavy atom. The van der Waals surface area contributed by atoms with E-state index in [9.17, 15) is 0 Å². The Labute approximate surface area is 53.6 Å². The van der Waals surface area contributed by atoms with Crippen LogP contribution in [0.1, 0.15) is 0 Å². The van der Waals surface area contributed by atoms with Crippen molar-refractivity contribution >= 4 is 41.3 Å². The van der Waals surface area contributed by atoms with Gasteiger partial charge in [0.25, 0.3) is 0 Å². The van der Waals surface area contributed by atoms with Crippen molar-refractivity contribution in [3.05, 3.63) is 0 Å². The van der Waals surface area contributed by atoms with E-state index >= 15 is 0 Å². The van der Waals surface area contributed by atoms with Crippen molar-refractivity contribution in [2.75, 3.05) is 12.5 Å². The van der Waals surface area contributed by atoms with Crippen LogP contribution in [0.2, 0.25) is 0 Å². The van der Waals surface area contributed by atoms with Crippen molar-refractivity contribution < 1.29 is 0 Å². The van der Waals surface area contributed by atoms with Gasteiger partial charge in [0, 0.05) is 29.6 Å². The molecular weight excluding hydrogens is 79.1 g/mol. The van der Waals surface area contributed by atoms with Gasteiger partial charge in [0.05, 0.1) is 0 Å². The predicted octanol–water partition coefficient (Wildman–Crippen LogP) is 0.598. The average Bonchev–Trinajstić information content (AvgIpc) is 0.918. The van der Waals surface area contributed by atoms with Crippen LogP contribution in [0.4, 0.5) is 0 Å². The van der Waals surface area contributed by atoms with Gasteiger partial charge >= 0.3 is 0 Å². The Kier molecular flexibility index (Phi) is 19.9. The van der Waals surface area contributed by atoms with E-state index in [0.29, 0.717) is 0 Å². The van der Waals surface area contributed by atoms with E-state index in [1.807, 2.05) is 12.5 Å². The van der Waals surface area contributed by atoms with Gasteiger partial charge in [-0.1, -0.05) is 0 Å². The van der Waals surface area contributed by atoms with Crippen molar-refractivity contribution in [1.82, 2.24) is 0 Å². The number of hydrogen-bond acceptors (Lipinski definition) is 1. The van der Waals surface area contributed by atoms with Crippen LogP contribution >= 0.6 is 11.8 Å². The van der Waals surface area contributed by atoms with Crippen molar-refractivity contribution in [2.24, 2.45) is 0 Å². The molecule has 0 aromatic heterocycles. The van der Waals surface area contributed by atoms with Crippen LogP contribution in [0.5, 0.6) is 0 Å². The van der Waals surface area contributed by atoms with E-state index in [0.717, 1.165) is 0 Å². The van der Waals surface area contributed by atoms with Crippen LogP contribution < -0.4 is 0 Å². The van der Waals surface area contributed by atoms with E-state index in [-0.39, 0.29) is 29.6 Å². The molecule has 0 fully saturated rings. The fourth-order valence-electron chi connectivity index (χ4n) is 0. The molecule has 0 bridgehead atoms. The average molecular weight is 85.1 g/mol. The van der Waals surface area contributed by atoms with Crippen molar-refractivity contribution in [1.29, 1.82) is 0 Å². The first-order chi connectivity index (χ1) is 1.41. The first kappa shape index (κ1) is 9.02. The summed E-state index contributed by atoms with van der Waals surface area (Å²) in [6.07, 6.45) is 4.08. The molecule has 4 heavy (non-hydrogen) atoms. The number of thioether (sulfide) groups is 1. The smallest absolute Gasteiger partial charge is 0 e. The molecule has 0 unspecified atom stereocenters. The van der Waals surface area contributed by atoms with Crippen LogP contribution in [-0.2, 0) is 0 Å². The third-order valence-electron chi connectivity index (χ3n) is 0. The molecular formula is C2H6NaS. The van der Waals surface area contributed by atoms with Gasteiger partial charge in [-0.15, -0.1) is 0 Å². The normalized spacial score (nSPS) is 4.50. The van der Waals surface area contributed by atoms with Crippen LogP contribution in [0.3, 0.4) is 0 Å². The third kappa shape index (κ3) is 10.2. The summed E-state index contributed by atoms with van der Waals surface area (Å²) >= 11 is 1.75. The summed E-state index contributed by atoms with van der Waals surface area (Å²) < 4.78 is 0. The second-order valence-corrected chi connectivity index (χ2v) is 1.22. The molecule has 21 valence electrons. The molecule has 0 N–H and O–H groups in total. The minimum absolute atomic E-state index is 0. The monoisotopic (exact) mass is 85.0 g/mol. The van der Waals surface area contributed by atoms with E-state index in [2.05, 4.69) is 0 Å². The molecule has 0 heterocycles. The molecule has 0 aliphatic rings. The van der Waals surface area contributed by atoms with Gasteiger partial charge in [0.2, 0.25) is 0 Å². The molecule has 1 radical (unpaired) electrons. The summed E-state index contributed by atoms with van der Waals surface area (Å²) in [6.45, 7) is 0. The fraction of sp³-hybridized carbons (Fsp3) is 1.00. The fourth-order valence-corrected chi connectivity index (χ4v) is 0. The minimum atomic E-state index is 0. The summed E-state index contributed by atoms with van der Waals surface area (Å²) in [5.74, 6) is 0. The minimum Gasteiger partial charge on any atom is -0.169 e. The van der Waals surface area contributed by atoms with Crippen LogP contribution in [-0.4, -0.2) is 42.1 Å². The van der Waals surface area contributed by atoms with Crippen molar-refractivity contribution in [2.45, 2.75) is 0 Å². The summed E-state index contributed by atoms with van der Waals surface area (Å²) in [5, 5.41) is 0. The molecule has 0 aromatic rings. The Balaban J connectivity index is 0. The van der Waals surface area contributed by atoms with Gasteiger partial charge < -0.3 is 0 Å². The van der Waals surface area contributed by atoms with E-state index in [4.69, 9.17) is 0 Å².